The monoisotopic (exact) mass is 484 g/mol. The van der Waals surface area contributed by atoms with Crippen LogP contribution in [0, 0.1) is 52.3 Å². The molecule has 3 fully saturated rings. The SMILES string of the molecule is CC(C)CCC[C@H](C)[C@H]1CC[C@H]2[C@@H]3CC=C4C[C@H](OC(=O)CCC(C)C)CC[C@]4(C)[C@H]3CC[C@]12C. The summed E-state index contributed by atoms with van der Waals surface area (Å²) in [6.07, 6.45) is 18.8. The van der Waals surface area contributed by atoms with E-state index < -0.39 is 0 Å². The lowest BCUT2D eigenvalue weighted by molar-refractivity contribution is -0.151. The van der Waals surface area contributed by atoms with Crippen LogP contribution in [-0.2, 0) is 9.53 Å². The van der Waals surface area contributed by atoms with Gasteiger partial charge in [-0.15, -0.1) is 0 Å². The number of carbonyl (C=O) groups excluding carboxylic acids is 1. The molecule has 8 atom stereocenters. The van der Waals surface area contributed by atoms with E-state index in [-0.39, 0.29) is 12.1 Å². The number of ether oxygens (including phenoxy) is 1. The lowest BCUT2D eigenvalue weighted by Gasteiger charge is -2.58. The van der Waals surface area contributed by atoms with Crippen molar-refractivity contribution in [1.29, 1.82) is 0 Å². The van der Waals surface area contributed by atoms with Gasteiger partial charge in [-0.25, -0.2) is 0 Å². The second-order valence-electron chi connectivity index (χ2n) is 14.6. The average molecular weight is 485 g/mol. The highest BCUT2D eigenvalue weighted by Gasteiger charge is 2.59. The highest BCUT2D eigenvalue weighted by Crippen LogP contribution is 2.67. The van der Waals surface area contributed by atoms with Crippen LogP contribution in [0.5, 0.6) is 0 Å². The molecular weight excluding hydrogens is 428 g/mol. The molecule has 0 aliphatic heterocycles. The van der Waals surface area contributed by atoms with Gasteiger partial charge >= 0.3 is 5.97 Å². The summed E-state index contributed by atoms with van der Waals surface area (Å²) < 4.78 is 5.96. The summed E-state index contributed by atoms with van der Waals surface area (Å²) in [7, 11) is 0. The average Bonchev–Trinajstić information content (AvgIpc) is 3.15. The number of fused-ring (bicyclic) bond motifs is 5. The van der Waals surface area contributed by atoms with Crippen LogP contribution in [0.1, 0.15) is 132 Å². The fraction of sp³-hybridized carbons (Fsp3) is 0.909. The number of hydrogen-bond acceptors (Lipinski definition) is 2. The molecule has 35 heavy (non-hydrogen) atoms. The van der Waals surface area contributed by atoms with Crippen LogP contribution in [0.2, 0.25) is 0 Å². The maximum Gasteiger partial charge on any atom is 0.306 e. The molecular formula is C33H56O2. The highest BCUT2D eigenvalue weighted by molar-refractivity contribution is 5.69. The molecule has 3 saturated carbocycles. The van der Waals surface area contributed by atoms with Crippen LogP contribution in [0.3, 0.4) is 0 Å². The first kappa shape index (κ1) is 27.3. The van der Waals surface area contributed by atoms with Crippen LogP contribution in [0.15, 0.2) is 11.6 Å². The van der Waals surface area contributed by atoms with Gasteiger partial charge in [-0.2, -0.15) is 0 Å². The van der Waals surface area contributed by atoms with Gasteiger partial charge in [0.2, 0.25) is 0 Å². The number of carbonyl (C=O) groups is 1. The summed E-state index contributed by atoms with van der Waals surface area (Å²) in [5.41, 5.74) is 2.53. The lowest BCUT2D eigenvalue weighted by Crippen LogP contribution is -2.51. The van der Waals surface area contributed by atoms with E-state index in [1.165, 1.54) is 57.8 Å². The third-order valence-corrected chi connectivity index (χ3v) is 11.5. The number of rotatable bonds is 9. The summed E-state index contributed by atoms with van der Waals surface area (Å²) in [6, 6.07) is 0. The van der Waals surface area contributed by atoms with Gasteiger partial charge in [0, 0.05) is 12.8 Å². The van der Waals surface area contributed by atoms with Crippen molar-refractivity contribution in [3.63, 3.8) is 0 Å². The van der Waals surface area contributed by atoms with Crippen LogP contribution in [0.25, 0.3) is 0 Å². The molecule has 0 aromatic rings. The van der Waals surface area contributed by atoms with Crippen molar-refractivity contribution in [2.45, 2.75) is 138 Å². The van der Waals surface area contributed by atoms with Crippen LogP contribution in [0.4, 0.5) is 0 Å². The van der Waals surface area contributed by atoms with Gasteiger partial charge in [-0.3, -0.25) is 4.79 Å². The summed E-state index contributed by atoms with van der Waals surface area (Å²) >= 11 is 0. The molecule has 0 unspecified atom stereocenters. The number of esters is 1. The molecule has 0 saturated heterocycles. The standard InChI is InChI=1S/C33H56O2/c1-22(2)9-8-10-24(5)28-14-15-29-27-13-12-25-21-26(35-31(34)16-11-23(3)4)17-19-32(25,6)30(27)18-20-33(28,29)7/h12,22-24,26-30H,8-11,13-21H2,1-7H3/t24-,26+,27-,28+,29-,30-,32-,33+/m0/s1. The Bertz CT molecular complexity index is 765. The summed E-state index contributed by atoms with van der Waals surface area (Å²) in [6.45, 7) is 16.9. The molecule has 4 aliphatic carbocycles. The van der Waals surface area contributed by atoms with Gasteiger partial charge in [0.1, 0.15) is 6.10 Å². The van der Waals surface area contributed by atoms with Crippen molar-refractivity contribution >= 4 is 5.97 Å². The number of hydrogen-bond donors (Lipinski definition) is 0. The van der Waals surface area contributed by atoms with E-state index in [0.29, 0.717) is 23.2 Å². The molecule has 4 rings (SSSR count). The zero-order chi connectivity index (χ0) is 25.4. The van der Waals surface area contributed by atoms with E-state index in [2.05, 4.69) is 54.5 Å². The van der Waals surface area contributed by atoms with Gasteiger partial charge in [-0.05, 0) is 104 Å². The molecule has 0 aromatic carbocycles. The first-order valence-corrected chi connectivity index (χ1v) is 15.4. The van der Waals surface area contributed by atoms with Crippen LogP contribution in [-0.4, -0.2) is 12.1 Å². The fourth-order valence-corrected chi connectivity index (χ4v) is 9.40. The van der Waals surface area contributed by atoms with Gasteiger partial charge in [-0.1, -0.05) is 79.4 Å². The van der Waals surface area contributed by atoms with Gasteiger partial charge in [0.05, 0.1) is 0 Å². The molecule has 2 nitrogen and oxygen atoms in total. The van der Waals surface area contributed by atoms with Gasteiger partial charge in [0.15, 0.2) is 0 Å². The third kappa shape index (κ3) is 5.57. The van der Waals surface area contributed by atoms with E-state index in [1.807, 2.05) is 0 Å². The van der Waals surface area contributed by atoms with E-state index >= 15 is 0 Å². The largest absolute Gasteiger partial charge is 0.462 e. The molecule has 0 radical (unpaired) electrons. The lowest BCUT2D eigenvalue weighted by atomic mass is 9.47. The minimum absolute atomic E-state index is 0.0227. The Morgan fingerprint density at radius 3 is 2.40 bits per heavy atom. The summed E-state index contributed by atoms with van der Waals surface area (Å²) in [5.74, 6) is 5.87. The Kier molecular flexibility index (Phi) is 8.49. The minimum Gasteiger partial charge on any atom is -0.462 e. The Balaban J connectivity index is 1.40. The number of allylic oxidation sites excluding steroid dienone is 1. The molecule has 200 valence electrons. The van der Waals surface area contributed by atoms with E-state index in [1.54, 1.807) is 5.57 Å². The topological polar surface area (TPSA) is 26.3 Å². The van der Waals surface area contributed by atoms with Gasteiger partial charge in [0.25, 0.3) is 0 Å². The predicted octanol–water partition coefficient (Wildman–Crippen LogP) is 9.38. The van der Waals surface area contributed by atoms with Crippen molar-refractivity contribution in [2.24, 2.45) is 52.3 Å². The van der Waals surface area contributed by atoms with Crippen molar-refractivity contribution < 1.29 is 9.53 Å². The van der Waals surface area contributed by atoms with Crippen LogP contribution < -0.4 is 0 Å². The molecule has 0 spiro atoms. The quantitative estimate of drug-likeness (QED) is 0.241. The van der Waals surface area contributed by atoms with E-state index in [9.17, 15) is 4.79 Å². The van der Waals surface area contributed by atoms with Crippen molar-refractivity contribution in [1.82, 2.24) is 0 Å². The minimum atomic E-state index is 0.0227. The van der Waals surface area contributed by atoms with E-state index in [0.717, 1.165) is 54.8 Å². The Morgan fingerprint density at radius 2 is 1.69 bits per heavy atom. The zero-order valence-corrected chi connectivity index (χ0v) is 24.2. The second-order valence-corrected chi connectivity index (χ2v) is 14.6. The maximum absolute atomic E-state index is 12.4. The second kappa shape index (κ2) is 10.9. The molecule has 0 amide bonds. The maximum atomic E-state index is 12.4. The summed E-state index contributed by atoms with van der Waals surface area (Å²) in [4.78, 5) is 12.4. The van der Waals surface area contributed by atoms with Crippen molar-refractivity contribution in [2.75, 3.05) is 0 Å². The molecule has 4 aliphatic rings. The summed E-state index contributed by atoms with van der Waals surface area (Å²) in [5, 5.41) is 0. The molecule has 0 heterocycles. The molecule has 0 aromatic heterocycles. The third-order valence-electron chi connectivity index (χ3n) is 11.5. The van der Waals surface area contributed by atoms with E-state index in [4.69, 9.17) is 4.74 Å². The van der Waals surface area contributed by atoms with Crippen molar-refractivity contribution in [3.05, 3.63) is 11.6 Å². The predicted molar refractivity (Wildman–Crippen MR) is 147 cm³/mol. The molecule has 0 N–H and O–H groups in total. The van der Waals surface area contributed by atoms with Crippen molar-refractivity contribution in [3.8, 4) is 0 Å². The normalized spacial score (nSPS) is 39.6. The highest BCUT2D eigenvalue weighted by atomic mass is 16.5. The Hall–Kier alpha value is -0.790. The first-order valence-electron chi connectivity index (χ1n) is 15.4. The first-order chi connectivity index (χ1) is 16.5. The molecule has 0 bridgehead atoms. The zero-order valence-electron chi connectivity index (χ0n) is 24.2. The Labute approximate surface area is 217 Å². The fourth-order valence-electron chi connectivity index (χ4n) is 9.40. The Morgan fingerprint density at radius 1 is 0.943 bits per heavy atom. The smallest absolute Gasteiger partial charge is 0.306 e. The van der Waals surface area contributed by atoms with Crippen LogP contribution >= 0.6 is 0 Å². The van der Waals surface area contributed by atoms with Gasteiger partial charge < -0.3 is 4.74 Å². The molecule has 2 heteroatoms.